The maximum absolute atomic E-state index is 11.5. The van der Waals surface area contributed by atoms with E-state index in [1.54, 1.807) is 24.3 Å². The number of ether oxygens (including phenoxy) is 1. The van der Waals surface area contributed by atoms with Crippen LogP contribution in [0.25, 0.3) is 0 Å². The van der Waals surface area contributed by atoms with Crippen molar-refractivity contribution >= 4 is 11.7 Å². The molecule has 0 atom stereocenters. The number of nitrogen functional groups attached to an aromatic ring is 1. The second kappa shape index (κ2) is 5.71. The summed E-state index contributed by atoms with van der Waals surface area (Å²) in [6, 6.07) is 6.85. The van der Waals surface area contributed by atoms with Crippen molar-refractivity contribution in [3.05, 3.63) is 24.3 Å². The van der Waals surface area contributed by atoms with E-state index in [1.807, 2.05) is 0 Å². The summed E-state index contributed by atoms with van der Waals surface area (Å²) >= 11 is 0. The Bertz CT molecular complexity index is 363. The quantitative estimate of drug-likeness (QED) is 0.494. The van der Waals surface area contributed by atoms with Gasteiger partial charge < -0.3 is 10.5 Å². The second-order valence-electron chi connectivity index (χ2n) is 5.46. The van der Waals surface area contributed by atoms with Crippen molar-refractivity contribution in [2.24, 2.45) is 5.41 Å². The van der Waals surface area contributed by atoms with Gasteiger partial charge in [0.2, 0.25) is 0 Å². The lowest BCUT2D eigenvalue weighted by Gasteiger charge is -2.17. The van der Waals surface area contributed by atoms with Gasteiger partial charge in [0.05, 0.1) is 0 Å². The summed E-state index contributed by atoms with van der Waals surface area (Å²) in [7, 11) is 0. The van der Waals surface area contributed by atoms with E-state index in [2.05, 4.69) is 20.8 Å². The summed E-state index contributed by atoms with van der Waals surface area (Å²) in [4.78, 5) is 11.5. The first-order chi connectivity index (χ1) is 7.87. The van der Waals surface area contributed by atoms with Crippen molar-refractivity contribution in [2.45, 2.75) is 40.0 Å². The first kappa shape index (κ1) is 13.6. The first-order valence-corrected chi connectivity index (χ1v) is 5.93. The van der Waals surface area contributed by atoms with Crippen LogP contribution in [-0.2, 0) is 4.79 Å². The van der Waals surface area contributed by atoms with Crippen LogP contribution in [0.1, 0.15) is 40.0 Å². The Balaban J connectivity index is 2.32. The van der Waals surface area contributed by atoms with Gasteiger partial charge in [-0.3, -0.25) is 4.79 Å². The molecule has 0 aliphatic rings. The van der Waals surface area contributed by atoms with Gasteiger partial charge in [-0.2, -0.15) is 0 Å². The molecule has 0 spiro atoms. The molecular weight excluding hydrogens is 214 g/mol. The highest BCUT2D eigenvalue weighted by molar-refractivity contribution is 5.72. The van der Waals surface area contributed by atoms with E-state index in [0.29, 0.717) is 17.9 Å². The molecule has 0 radical (unpaired) electrons. The average Bonchev–Trinajstić information content (AvgIpc) is 2.19. The van der Waals surface area contributed by atoms with Gasteiger partial charge in [0.15, 0.2) is 0 Å². The molecule has 0 fully saturated rings. The number of carbonyl (C=O) groups is 1. The fraction of sp³-hybridized carbons (Fsp3) is 0.500. The van der Waals surface area contributed by atoms with E-state index < -0.39 is 0 Å². The summed E-state index contributed by atoms with van der Waals surface area (Å²) in [6.07, 6.45) is 2.34. The summed E-state index contributed by atoms with van der Waals surface area (Å²) in [5, 5.41) is 0. The molecule has 3 nitrogen and oxygen atoms in total. The zero-order valence-corrected chi connectivity index (χ0v) is 10.8. The van der Waals surface area contributed by atoms with Crippen LogP contribution in [0.15, 0.2) is 24.3 Å². The van der Waals surface area contributed by atoms with Gasteiger partial charge in [-0.1, -0.05) is 20.8 Å². The molecule has 1 aromatic carbocycles. The first-order valence-electron chi connectivity index (χ1n) is 5.93. The van der Waals surface area contributed by atoms with Crippen LogP contribution in [0.5, 0.6) is 5.75 Å². The lowest BCUT2D eigenvalue weighted by atomic mass is 9.90. The minimum Gasteiger partial charge on any atom is -0.427 e. The van der Waals surface area contributed by atoms with Crippen molar-refractivity contribution in [3.8, 4) is 5.75 Å². The Hall–Kier alpha value is -1.51. The number of carbonyl (C=O) groups excluding carboxylic acids is 1. The highest BCUT2D eigenvalue weighted by Crippen LogP contribution is 2.22. The van der Waals surface area contributed by atoms with Crippen molar-refractivity contribution in [1.82, 2.24) is 0 Å². The maximum Gasteiger partial charge on any atom is 0.311 e. The summed E-state index contributed by atoms with van der Waals surface area (Å²) in [5.41, 5.74) is 6.47. The average molecular weight is 235 g/mol. The molecule has 0 heterocycles. The van der Waals surface area contributed by atoms with Crippen LogP contribution in [0.4, 0.5) is 5.69 Å². The Kier molecular flexibility index (Phi) is 4.55. The number of anilines is 1. The van der Waals surface area contributed by atoms with Gasteiger partial charge in [0.1, 0.15) is 5.75 Å². The van der Waals surface area contributed by atoms with Gasteiger partial charge in [0, 0.05) is 12.1 Å². The largest absolute Gasteiger partial charge is 0.427 e. The molecule has 0 aliphatic heterocycles. The number of benzene rings is 1. The molecule has 1 rings (SSSR count). The second-order valence-corrected chi connectivity index (χ2v) is 5.46. The van der Waals surface area contributed by atoms with E-state index in [9.17, 15) is 4.79 Å². The smallest absolute Gasteiger partial charge is 0.311 e. The molecular formula is C14H21NO2. The Morgan fingerprint density at radius 3 is 2.35 bits per heavy atom. The van der Waals surface area contributed by atoms with Crippen molar-refractivity contribution in [2.75, 3.05) is 5.73 Å². The Morgan fingerprint density at radius 1 is 1.24 bits per heavy atom. The van der Waals surface area contributed by atoms with E-state index in [-0.39, 0.29) is 11.4 Å². The minimum atomic E-state index is -0.181. The lowest BCUT2D eigenvalue weighted by Crippen LogP contribution is -2.10. The molecule has 0 saturated heterocycles. The predicted octanol–water partition coefficient (Wildman–Crippen LogP) is 3.39. The SMILES string of the molecule is CC(C)(C)CCCC(=O)Oc1ccc(N)cc1. The minimum absolute atomic E-state index is 0.181. The number of nitrogens with two attached hydrogens (primary N) is 1. The number of hydrogen-bond donors (Lipinski definition) is 1. The monoisotopic (exact) mass is 235 g/mol. The van der Waals surface area contributed by atoms with Crippen molar-refractivity contribution in [3.63, 3.8) is 0 Å². The molecule has 0 aliphatic carbocycles. The van der Waals surface area contributed by atoms with Gasteiger partial charge in [-0.25, -0.2) is 0 Å². The third-order valence-corrected chi connectivity index (χ3v) is 2.42. The number of esters is 1. The molecule has 2 N–H and O–H groups in total. The predicted molar refractivity (Wildman–Crippen MR) is 69.8 cm³/mol. The van der Waals surface area contributed by atoms with E-state index >= 15 is 0 Å². The Labute approximate surface area is 103 Å². The van der Waals surface area contributed by atoms with Crippen LogP contribution >= 0.6 is 0 Å². The third-order valence-electron chi connectivity index (χ3n) is 2.42. The van der Waals surface area contributed by atoms with Gasteiger partial charge in [-0.15, -0.1) is 0 Å². The van der Waals surface area contributed by atoms with Crippen molar-refractivity contribution in [1.29, 1.82) is 0 Å². The molecule has 3 heteroatoms. The number of hydrogen-bond acceptors (Lipinski definition) is 3. The van der Waals surface area contributed by atoms with E-state index in [4.69, 9.17) is 10.5 Å². The molecule has 1 aromatic rings. The van der Waals surface area contributed by atoms with E-state index in [0.717, 1.165) is 12.8 Å². The standard InChI is InChI=1S/C14H21NO2/c1-14(2,3)10-4-5-13(16)17-12-8-6-11(15)7-9-12/h6-9H,4-5,10,15H2,1-3H3. The van der Waals surface area contributed by atoms with Gasteiger partial charge in [-0.05, 0) is 42.5 Å². The maximum atomic E-state index is 11.5. The van der Waals surface area contributed by atoms with Gasteiger partial charge in [0.25, 0.3) is 0 Å². The Morgan fingerprint density at radius 2 is 1.82 bits per heavy atom. The van der Waals surface area contributed by atoms with Crippen LogP contribution in [0, 0.1) is 5.41 Å². The van der Waals surface area contributed by atoms with E-state index in [1.165, 1.54) is 0 Å². The molecule has 0 bridgehead atoms. The summed E-state index contributed by atoms with van der Waals surface area (Å²) < 4.78 is 5.19. The topological polar surface area (TPSA) is 52.3 Å². The van der Waals surface area contributed by atoms with Crippen LogP contribution in [0.3, 0.4) is 0 Å². The third kappa shape index (κ3) is 5.95. The zero-order chi connectivity index (χ0) is 12.9. The lowest BCUT2D eigenvalue weighted by molar-refractivity contribution is -0.134. The fourth-order valence-electron chi connectivity index (χ4n) is 1.48. The normalized spacial score (nSPS) is 11.2. The molecule has 17 heavy (non-hydrogen) atoms. The molecule has 0 amide bonds. The fourth-order valence-corrected chi connectivity index (χ4v) is 1.48. The molecule has 0 aromatic heterocycles. The summed E-state index contributed by atoms with van der Waals surface area (Å²) in [6.45, 7) is 6.49. The zero-order valence-electron chi connectivity index (χ0n) is 10.8. The highest BCUT2D eigenvalue weighted by Gasteiger charge is 2.12. The van der Waals surface area contributed by atoms with Crippen LogP contribution in [-0.4, -0.2) is 5.97 Å². The van der Waals surface area contributed by atoms with Crippen molar-refractivity contribution < 1.29 is 9.53 Å². The molecule has 94 valence electrons. The van der Waals surface area contributed by atoms with Gasteiger partial charge >= 0.3 is 5.97 Å². The summed E-state index contributed by atoms with van der Waals surface area (Å²) in [5.74, 6) is 0.374. The number of rotatable bonds is 4. The molecule has 0 saturated carbocycles. The van der Waals surface area contributed by atoms with Crippen LogP contribution < -0.4 is 10.5 Å². The van der Waals surface area contributed by atoms with Crippen LogP contribution in [0.2, 0.25) is 0 Å². The molecule has 0 unspecified atom stereocenters. The highest BCUT2D eigenvalue weighted by atomic mass is 16.5.